The summed E-state index contributed by atoms with van der Waals surface area (Å²) in [6, 6.07) is 0. The predicted molar refractivity (Wildman–Crippen MR) is 70.3 cm³/mol. The van der Waals surface area contributed by atoms with Gasteiger partial charge in [0.05, 0.1) is 0 Å². The van der Waals surface area contributed by atoms with Crippen molar-refractivity contribution in [3.63, 3.8) is 0 Å². The van der Waals surface area contributed by atoms with Gasteiger partial charge in [0.15, 0.2) is 5.82 Å². The standard InChI is InChI=1S/C11H19N5OS/c1-3-8(9-13-15-16-14-9)10(17)12-7-11(2)5-4-6-18-11/h8H,3-7H2,1-2H3,(H,12,17)(H,13,14,15,16). The average molecular weight is 269 g/mol. The molecule has 0 saturated carbocycles. The van der Waals surface area contributed by atoms with Gasteiger partial charge in [-0.05, 0) is 31.9 Å². The van der Waals surface area contributed by atoms with E-state index in [9.17, 15) is 4.79 Å². The van der Waals surface area contributed by atoms with Crippen LogP contribution in [0.2, 0.25) is 0 Å². The number of amides is 1. The zero-order chi connectivity index (χ0) is 13.0. The van der Waals surface area contributed by atoms with E-state index in [1.165, 1.54) is 12.2 Å². The molecule has 1 saturated heterocycles. The maximum Gasteiger partial charge on any atom is 0.230 e. The molecule has 2 N–H and O–H groups in total. The molecule has 2 rings (SSSR count). The highest BCUT2D eigenvalue weighted by molar-refractivity contribution is 8.00. The lowest BCUT2D eigenvalue weighted by molar-refractivity contribution is -0.122. The first-order chi connectivity index (χ1) is 8.64. The summed E-state index contributed by atoms with van der Waals surface area (Å²) in [5, 5.41) is 16.7. The molecule has 7 heteroatoms. The molecule has 1 fully saturated rings. The normalized spacial score (nSPS) is 25.0. The third-order valence-electron chi connectivity index (χ3n) is 3.34. The van der Waals surface area contributed by atoms with E-state index in [0.29, 0.717) is 18.8 Å². The van der Waals surface area contributed by atoms with Crippen LogP contribution in [0, 0.1) is 0 Å². The first-order valence-corrected chi connectivity index (χ1v) is 7.28. The number of aromatic amines is 1. The van der Waals surface area contributed by atoms with Crippen molar-refractivity contribution < 1.29 is 4.79 Å². The molecule has 18 heavy (non-hydrogen) atoms. The summed E-state index contributed by atoms with van der Waals surface area (Å²) in [6.45, 7) is 4.87. The van der Waals surface area contributed by atoms with Gasteiger partial charge >= 0.3 is 0 Å². The molecular formula is C11H19N5OS. The zero-order valence-corrected chi connectivity index (χ0v) is 11.6. The molecule has 0 aliphatic carbocycles. The highest BCUT2D eigenvalue weighted by atomic mass is 32.2. The van der Waals surface area contributed by atoms with Crippen LogP contribution in [-0.2, 0) is 4.79 Å². The van der Waals surface area contributed by atoms with E-state index in [1.807, 2.05) is 18.7 Å². The van der Waals surface area contributed by atoms with Gasteiger partial charge in [0.25, 0.3) is 0 Å². The van der Waals surface area contributed by atoms with Crippen LogP contribution >= 0.6 is 11.8 Å². The quantitative estimate of drug-likeness (QED) is 0.836. The largest absolute Gasteiger partial charge is 0.354 e. The number of carbonyl (C=O) groups is 1. The lowest BCUT2D eigenvalue weighted by atomic mass is 10.0. The number of nitrogens with zero attached hydrogens (tertiary/aromatic N) is 3. The SMILES string of the molecule is CCC(C(=O)NCC1(C)CCCS1)c1nn[nH]n1. The first-order valence-electron chi connectivity index (χ1n) is 6.29. The Balaban J connectivity index is 1.90. The molecule has 6 nitrogen and oxygen atoms in total. The van der Waals surface area contributed by atoms with Gasteiger partial charge in [0, 0.05) is 11.3 Å². The monoisotopic (exact) mass is 269 g/mol. The van der Waals surface area contributed by atoms with Crippen LogP contribution in [0.15, 0.2) is 0 Å². The molecule has 2 heterocycles. The van der Waals surface area contributed by atoms with Crippen molar-refractivity contribution >= 4 is 17.7 Å². The van der Waals surface area contributed by atoms with Crippen molar-refractivity contribution in [3.05, 3.63) is 5.82 Å². The van der Waals surface area contributed by atoms with Crippen LogP contribution < -0.4 is 5.32 Å². The molecule has 0 aromatic carbocycles. The van der Waals surface area contributed by atoms with Crippen LogP contribution in [0.25, 0.3) is 0 Å². The number of rotatable bonds is 5. The van der Waals surface area contributed by atoms with Gasteiger partial charge in [0.2, 0.25) is 5.91 Å². The number of carbonyl (C=O) groups excluding carboxylic acids is 1. The van der Waals surface area contributed by atoms with Crippen molar-refractivity contribution in [2.75, 3.05) is 12.3 Å². The van der Waals surface area contributed by atoms with Crippen molar-refractivity contribution in [3.8, 4) is 0 Å². The van der Waals surface area contributed by atoms with Crippen LogP contribution in [0.5, 0.6) is 0 Å². The second kappa shape index (κ2) is 5.69. The Labute approximate surface area is 111 Å². The number of hydrogen-bond acceptors (Lipinski definition) is 5. The number of aromatic nitrogens is 4. The van der Waals surface area contributed by atoms with Gasteiger partial charge in [-0.15, -0.1) is 10.2 Å². The van der Waals surface area contributed by atoms with E-state index in [1.54, 1.807) is 0 Å². The summed E-state index contributed by atoms with van der Waals surface area (Å²) >= 11 is 1.94. The van der Waals surface area contributed by atoms with Gasteiger partial charge in [-0.1, -0.05) is 12.1 Å². The number of hydrogen-bond donors (Lipinski definition) is 2. The summed E-state index contributed by atoms with van der Waals surface area (Å²) < 4.78 is 0.186. The van der Waals surface area contributed by atoms with E-state index in [0.717, 1.165) is 6.42 Å². The minimum atomic E-state index is -0.307. The minimum Gasteiger partial charge on any atom is -0.354 e. The second-order valence-electron chi connectivity index (χ2n) is 4.85. The number of tetrazole rings is 1. The smallest absolute Gasteiger partial charge is 0.230 e. The molecule has 1 amide bonds. The molecule has 2 atom stereocenters. The minimum absolute atomic E-state index is 0.00683. The maximum atomic E-state index is 12.1. The Morgan fingerprint density at radius 3 is 3.06 bits per heavy atom. The number of thioether (sulfide) groups is 1. The summed E-state index contributed by atoms with van der Waals surface area (Å²) in [5.74, 6) is 1.35. The molecule has 0 radical (unpaired) electrons. The maximum absolute atomic E-state index is 12.1. The molecule has 0 bridgehead atoms. The molecule has 1 aromatic heterocycles. The van der Waals surface area contributed by atoms with Gasteiger partial charge in [-0.25, -0.2) is 0 Å². The van der Waals surface area contributed by atoms with Crippen molar-refractivity contribution in [2.24, 2.45) is 0 Å². The summed E-state index contributed by atoms with van der Waals surface area (Å²) in [5.41, 5.74) is 0. The van der Waals surface area contributed by atoms with E-state index < -0.39 is 0 Å². The summed E-state index contributed by atoms with van der Waals surface area (Å²) in [4.78, 5) is 12.1. The fourth-order valence-corrected chi connectivity index (χ4v) is 3.42. The molecule has 1 aromatic rings. The lowest BCUT2D eigenvalue weighted by Gasteiger charge is -2.23. The Hall–Kier alpha value is -1.11. The Morgan fingerprint density at radius 1 is 1.67 bits per heavy atom. The van der Waals surface area contributed by atoms with E-state index in [2.05, 4.69) is 32.9 Å². The molecule has 1 aliphatic rings. The Morgan fingerprint density at radius 2 is 2.50 bits per heavy atom. The predicted octanol–water partition coefficient (Wildman–Crippen LogP) is 1.10. The van der Waals surface area contributed by atoms with Crippen molar-refractivity contribution in [1.82, 2.24) is 25.9 Å². The average Bonchev–Trinajstić information content (AvgIpc) is 3.00. The summed E-state index contributed by atoms with van der Waals surface area (Å²) in [7, 11) is 0. The second-order valence-corrected chi connectivity index (χ2v) is 6.53. The third-order valence-corrected chi connectivity index (χ3v) is 4.87. The highest BCUT2D eigenvalue weighted by Gasteiger charge is 2.31. The molecule has 100 valence electrons. The van der Waals surface area contributed by atoms with E-state index in [-0.39, 0.29) is 16.6 Å². The lowest BCUT2D eigenvalue weighted by Crippen LogP contribution is -2.39. The summed E-state index contributed by atoms with van der Waals surface area (Å²) in [6.07, 6.45) is 3.07. The van der Waals surface area contributed by atoms with Gasteiger partial charge < -0.3 is 5.32 Å². The van der Waals surface area contributed by atoms with Crippen LogP contribution in [0.3, 0.4) is 0 Å². The molecular weight excluding hydrogens is 250 g/mol. The number of H-pyrrole nitrogens is 1. The zero-order valence-electron chi connectivity index (χ0n) is 10.8. The fourth-order valence-electron chi connectivity index (χ4n) is 2.18. The number of nitrogens with one attached hydrogen (secondary N) is 2. The Bertz CT molecular complexity index is 388. The van der Waals surface area contributed by atoms with Crippen LogP contribution in [-0.4, -0.2) is 43.6 Å². The topological polar surface area (TPSA) is 83.6 Å². The van der Waals surface area contributed by atoms with Crippen LogP contribution in [0.1, 0.15) is 44.9 Å². The van der Waals surface area contributed by atoms with Gasteiger partial charge in [-0.2, -0.15) is 17.0 Å². The van der Waals surface area contributed by atoms with Crippen LogP contribution in [0.4, 0.5) is 0 Å². The van der Waals surface area contributed by atoms with Crippen molar-refractivity contribution in [2.45, 2.75) is 43.8 Å². The molecule has 2 unspecified atom stereocenters. The fraction of sp³-hybridized carbons (Fsp3) is 0.818. The van der Waals surface area contributed by atoms with E-state index in [4.69, 9.17) is 0 Å². The molecule has 1 aliphatic heterocycles. The highest BCUT2D eigenvalue weighted by Crippen LogP contribution is 2.37. The van der Waals surface area contributed by atoms with Gasteiger partial charge in [-0.3, -0.25) is 4.79 Å². The third kappa shape index (κ3) is 3.01. The van der Waals surface area contributed by atoms with E-state index >= 15 is 0 Å². The van der Waals surface area contributed by atoms with Gasteiger partial charge in [0.1, 0.15) is 5.92 Å². The Kier molecular flexibility index (Phi) is 4.21. The molecule has 0 spiro atoms. The van der Waals surface area contributed by atoms with Crippen molar-refractivity contribution in [1.29, 1.82) is 0 Å². The first kappa shape index (κ1) is 13.3.